The monoisotopic (exact) mass is 379 g/mol. The summed E-state index contributed by atoms with van der Waals surface area (Å²) in [7, 11) is 1.92. The van der Waals surface area contributed by atoms with Crippen molar-refractivity contribution in [2.45, 2.75) is 52.2 Å². The normalized spacial score (nSPS) is 19.5. The molecule has 1 fully saturated rings. The Morgan fingerprint density at radius 2 is 2.07 bits per heavy atom. The Kier molecular flexibility index (Phi) is 5.31. The van der Waals surface area contributed by atoms with E-state index in [9.17, 15) is 4.79 Å². The number of benzene rings is 1. The molecule has 1 atom stereocenters. The number of aryl methyl sites for hydroxylation is 1. The van der Waals surface area contributed by atoms with Crippen molar-refractivity contribution in [3.8, 4) is 0 Å². The van der Waals surface area contributed by atoms with Crippen LogP contribution in [0.1, 0.15) is 54.0 Å². The molecule has 0 saturated carbocycles. The molecule has 1 aromatic heterocycles. The molecule has 1 saturated heterocycles. The van der Waals surface area contributed by atoms with Crippen molar-refractivity contribution < 1.29 is 4.79 Å². The highest BCUT2D eigenvalue weighted by atomic mass is 16.2. The topological polar surface area (TPSA) is 61.4 Å². The fourth-order valence-electron chi connectivity index (χ4n) is 4.43. The molecule has 2 aliphatic heterocycles. The minimum atomic E-state index is 0.00152. The highest BCUT2D eigenvalue weighted by Crippen LogP contribution is 2.33. The summed E-state index contributed by atoms with van der Waals surface area (Å²) in [6.45, 7) is 7.36. The number of carbonyl (C=O) groups is 1. The lowest BCUT2D eigenvalue weighted by Gasteiger charge is -2.31. The zero-order valence-corrected chi connectivity index (χ0v) is 17.0. The highest BCUT2D eigenvalue weighted by Gasteiger charge is 2.32. The first kappa shape index (κ1) is 18.9. The van der Waals surface area contributed by atoms with Gasteiger partial charge in [0.15, 0.2) is 5.82 Å². The maximum Gasteiger partial charge on any atom is 0.220 e. The molecular weight excluding hydrogens is 350 g/mol. The lowest BCUT2D eigenvalue weighted by Crippen LogP contribution is -2.34. The Labute approximate surface area is 167 Å². The summed E-state index contributed by atoms with van der Waals surface area (Å²) in [6.07, 6.45) is 2.90. The van der Waals surface area contributed by atoms with Crippen LogP contribution in [0.2, 0.25) is 0 Å². The number of anilines is 1. The number of carbonyl (C=O) groups excluding carboxylic acids is 1. The van der Waals surface area contributed by atoms with Crippen molar-refractivity contribution >= 4 is 11.7 Å². The number of fused-ring (bicyclic) bond motifs is 1. The molecule has 1 amide bonds. The van der Waals surface area contributed by atoms with Crippen LogP contribution in [0.25, 0.3) is 0 Å². The zero-order valence-electron chi connectivity index (χ0n) is 17.0. The van der Waals surface area contributed by atoms with E-state index in [2.05, 4.69) is 41.4 Å². The first-order valence-corrected chi connectivity index (χ1v) is 10.2. The SMILES string of the molecule is CNc1nc([C@@H]2CCCN2C(C)=O)nc2c1CCN(Cc1ccccc1C)C2. The number of likely N-dealkylation sites (tertiary alicyclic amines) is 1. The van der Waals surface area contributed by atoms with Crippen LogP contribution in [0.4, 0.5) is 5.82 Å². The molecule has 1 N–H and O–H groups in total. The summed E-state index contributed by atoms with van der Waals surface area (Å²) >= 11 is 0. The van der Waals surface area contributed by atoms with Crippen LogP contribution >= 0.6 is 0 Å². The van der Waals surface area contributed by atoms with E-state index in [0.717, 1.165) is 62.8 Å². The summed E-state index contributed by atoms with van der Waals surface area (Å²) in [6, 6.07) is 8.57. The molecule has 2 aromatic rings. The summed E-state index contributed by atoms with van der Waals surface area (Å²) in [4.78, 5) is 26.1. The molecule has 1 aromatic carbocycles. The smallest absolute Gasteiger partial charge is 0.220 e. The molecular formula is C22H29N5O. The third kappa shape index (κ3) is 3.61. The lowest BCUT2D eigenvalue weighted by atomic mass is 10.0. The average molecular weight is 380 g/mol. The largest absolute Gasteiger partial charge is 0.373 e. The maximum atomic E-state index is 12.0. The number of aromatic nitrogens is 2. The summed E-state index contributed by atoms with van der Waals surface area (Å²) in [5.74, 6) is 1.82. The molecule has 0 spiro atoms. The first-order chi connectivity index (χ1) is 13.6. The molecule has 0 unspecified atom stereocenters. The van der Waals surface area contributed by atoms with Crippen molar-refractivity contribution in [1.82, 2.24) is 19.8 Å². The second kappa shape index (κ2) is 7.87. The van der Waals surface area contributed by atoms with Gasteiger partial charge in [-0.2, -0.15) is 0 Å². The van der Waals surface area contributed by atoms with Gasteiger partial charge < -0.3 is 10.2 Å². The van der Waals surface area contributed by atoms with Crippen molar-refractivity contribution in [3.63, 3.8) is 0 Å². The van der Waals surface area contributed by atoms with Gasteiger partial charge in [-0.25, -0.2) is 9.97 Å². The average Bonchev–Trinajstić information content (AvgIpc) is 3.19. The van der Waals surface area contributed by atoms with Crippen LogP contribution in [-0.2, 0) is 24.3 Å². The highest BCUT2D eigenvalue weighted by molar-refractivity contribution is 5.74. The van der Waals surface area contributed by atoms with Crippen molar-refractivity contribution in [2.75, 3.05) is 25.5 Å². The van der Waals surface area contributed by atoms with Gasteiger partial charge in [-0.05, 0) is 37.3 Å². The van der Waals surface area contributed by atoms with Crippen molar-refractivity contribution in [1.29, 1.82) is 0 Å². The van der Waals surface area contributed by atoms with Gasteiger partial charge in [-0.15, -0.1) is 0 Å². The van der Waals surface area contributed by atoms with Gasteiger partial charge in [-0.1, -0.05) is 24.3 Å². The van der Waals surface area contributed by atoms with Crippen molar-refractivity contribution in [3.05, 3.63) is 52.5 Å². The number of nitrogens with one attached hydrogen (secondary N) is 1. The maximum absolute atomic E-state index is 12.0. The van der Waals surface area contributed by atoms with Crippen molar-refractivity contribution in [2.24, 2.45) is 0 Å². The van der Waals surface area contributed by atoms with Gasteiger partial charge >= 0.3 is 0 Å². The number of hydrogen-bond acceptors (Lipinski definition) is 5. The van der Waals surface area contributed by atoms with E-state index >= 15 is 0 Å². The number of amides is 1. The molecule has 3 heterocycles. The Bertz CT molecular complexity index is 881. The van der Waals surface area contributed by atoms with Crippen LogP contribution < -0.4 is 5.32 Å². The van der Waals surface area contributed by atoms with Gasteiger partial charge in [-0.3, -0.25) is 9.69 Å². The standard InChI is InChI=1S/C22H29N5O/c1-15-7-4-5-8-17(15)13-26-12-10-18-19(14-26)24-22(25-21(18)23-3)20-9-6-11-27(20)16(2)28/h4-5,7-8,20H,6,9-14H2,1-3H3,(H,23,24,25)/t20-/m0/s1. The molecule has 2 aliphatic rings. The molecule has 0 radical (unpaired) electrons. The van der Waals surface area contributed by atoms with Crippen LogP contribution in [0.3, 0.4) is 0 Å². The predicted molar refractivity (Wildman–Crippen MR) is 110 cm³/mol. The summed E-state index contributed by atoms with van der Waals surface area (Å²) < 4.78 is 0. The van der Waals surface area contributed by atoms with Gasteiger partial charge in [0.1, 0.15) is 5.82 Å². The Hall–Kier alpha value is -2.47. The fraction of sp³-hybridized carbons (Fsp3) is 0.500. The van der Waals surface area contributed by atoms with Gasteiger partial charge in [0.2, 0.25) is 5.91 Å². The van der Waals surface area contributed by atoms with E-state index < -0.39 is 0 Å². The molecule has 6 heteroatoms. The minimum absolute atomic E-state index is 0.00152. The first-order valence-electron chi connectivity index (χ1n) is 10.2. The van der Waals surface area contributed by atoms with E-state index in [1.165, 1.54) is 16.7 Å². The van der Waals surface area contributed by atoms with E-state index in [-0.39, 0.29) is 11.9 Å². The molecule has 0 bridgehead atoms. The third-order valence-electron chi connectivity index (χ3n) is 6.01. The van der Waals surface area contributed by atoms with E-state index in [1.54, 1.807) is 6.92 Å². The van der Waals surface area contributed by atoms with Gasteiger partial charge in [0.25, 0.3) is 0 Å². The molecule has 148 valence electrons. The second-order valence-electron chi connectivity index (χ2n) is 7.86. The van der Waals surface area contributed by atoms with Gasteiger partial charge in [0.05, 0.1) is 11.7 Å². The zero-order chi connectivity index (χ0) is 19.7. The quantitative estimate of drug-likeness (QED) is 0.885. The molecule has 28 heavy (non-hydrogen) atoms. The second-order valence-corrected chi connectivity index (χ2v) is 7.86. The Balaban J connectivity index is 1.61. The molecule has 6 nitrogen and oxygen atoms in total. The molecule has 0 aliphatic carbocycles. The number of hydrogen-bond donors (Lipinski definition) is 1. The van der Waals surface area contributed by atoms with E-state index in [4.69, 9.17) is 9.97 Å². The minimum Gasteiger partial charge on any atom is -0.373 e. The summed E-state index contributed by atoms with van der Waals surface area (Å²) in [5.41, 5.74) is 5.02. The van der Waals surface area contributed by atoms with E-state index in [1.807, 2.05) is 11.9 Å². The Morgan fingerprint density at radius 1 is 1.25 bits per heavy atom. The predicted octanol–water partition coefficient (Wildman–Crippen LogP) is 3.07. The van der Waals surface area contributed by atoms with Crippen LogP contribution in [0, 0.1) is 6.92 Å². The van der Waals surface area contributed by atoms with Crippen LogP contribution in [0.5, 0.6) is 0 Å². The third-order valence-corrected chi connectivity index (χ3v) is 6.01. The van der Waals surface area contributed by atoms with Gasteiger partial charge in [0, 0.05) is 45.7 Å². The lowest BCUT2D eigenvalue weighted by molar-refractivity contribution is -0.129. The summed E-state index contributed by atoms with van der Waals surface area (Å²) in [5, 5.41) is 3.26. The number of rotatable bonds is 4. The van der Waals surface area contributed by atoms with Crippen LogP contribution in [-0.4, -0.2) is 45.8 Å². The fourth-order valence-corrected chi connectivity index (χ4v) is 4.43. The Morgan fingerprint density at radius 3 is 2.82 bits per heavy atom. The number of nitrogens with zero attached hydrogens (tertiary/aromatic N) is 4. The van der Waals surface area contributed by atoms with E-state index in [0.29, 0.717) is 0 Å². The van der Waals surface area contributed by atoms with Crippen LogP contribution in [0.15, 0.2) is 24.3 Å². The molecule has 4 rings (SSSR count).